The largest absolute Gasteiger partial charge is 0.350 e. The van der Waals surface area contributed by atoms with Crippen LogP contribution in [0.4, 0.5) is 4.39 Å². The highest BCUT2D eigenvalue weighted by molar-refractivity contribution is 6.31. The average Bonchev–Trinajstić information content (AvgIpc) is 2.69. The van der Waals surface area contributed by atoms with Crippen LogP contribution in [0.5, 0.6) is 0 Å². The zero-order valence-electron chi connectivity index (χ0n) is 11.3. The minimum atomic E-state index is -0.524. The van der Waals surface area contributed by atoms with Gasteiger partial charge < -0.3 is 9.88 Å². The number of amides is 1. The van der Waals surface area contributed by atoms with Gasteiger partial charge in [0, 0.05) is 29.4 Å². The Morgan fingerprint density at radius 3 is 2.75 bits per heavy atom. The van der Waals surface area contributed by atoms with Crippen LogP contribution < -0.4 is 5.32 Å². The van der Waals surface area contributed by atoms with E-state index in [2.05, 4.69) is 10.3 Å². The van der Waals surface area contributed by atoms with E-state index in [9.17, 15) is 9.18 Å². The first kappa shape index (κ1) is 14.5. The maximum Gasteiger partial charge on any atom is 0.251 e. The van der Waals surface area contributed by atoms with Crippen LogP contribution in [0.3, 0.4) is 0 Å². The van der Waals surface area contributed by atoms with Gasteiger partial charge in [0.15, 0.2) is 0 Å². The number of hydrogen-bond acceptors (Lipinski definition) is 2. The number of nitrogens with one attached hydrogen (secondary N) is 1. The summed E-state index contributed by atoms with van der Waals surface area (Å²) in [4.78, 5) is 16.0. The van der Waals surface area contributed by atoms with Crippen LogP contribution in [0.2, 0.25) is 5.02 Å². The van der Waals surface area contributed by atoms with E-state index in [0.29, 0.717) is 13.1 Å². The molecule has 2 rings (SSSR count). The van der Waals surface area contributed by atoms with Crippen LogP contribution >= 0.6 is 11.6 Å². The lowest BCUT2D eigenvalue weighted by Crippen LogP contribution is -2.27. The molecule has 1 N–H and O–H groups in total. The highest BCUT2D eigenvalue weighted by Gasteiger charge is 2.08. The second kappa shape index (κ2) is 6.05. The molecule has 6 heteroatoms. The molecule has 0 fully saturated rings. The molecule has 0 spiro atoms. The van der Waals surface area contributed by atoms with Crippen molar-refractivity contribution in [1.29, 1.82) is 0 Å². The number of carbonyl (C=O) groups is 1. The third kappa shape index (κ3) is 3.36. The standard InChI is InChI=1S/C14H15ClFN3O/c1-9-10(2)19(8-18-9)4-3-17-14(20)11-5-12(15)7-13(16)6-11/h5-8H,3-4H2,1-2H3,(H,17,20). The first-order valence-electron chi connectivity index (χ1n) is 6.20. The van der Waals surface area contributed by atoms with Gasteiger partial charge in [-0.05, 0) is 32.0 Å². The van der Waals surface area contributed by atoms with Crippen molar-refractivity contribution in [3.63, 3.8) is 0 Å². The van der Waals surface area contributed by atoms with Crippen LogP contribution in [0, 0.1) is 19.7 Å². The van der Waals surface area contributed by atoms with Gasteiger partial charge in [-0.1, -0.05) is 11.6 Å². The summed E-state index contributed by atoms with van der Waals surface area (Å²) in [6.45, 7) is 4.95. The Hall–Kier alpha value is -1.88. The smallest absolute Gasteiger partial charge is 0.251 e. The van der Waals surface area contributed by atoms with Crippen LogP contribution in [-0.4, -0.2) is 22.0 Å². The second-order valence-electron chi connectivity index (χ2n) is 4.52. The summed E-state index contributed by atoms with van der Waals surface area (Å²) in [5.74, 6) is -0.871. The zero-order chi connectivity index (χ0) is 14.7. The molecule has 1 aromatic heterocycles. The van der Waals surface area contributed by atoms with Gasteiger partial charge in [-0.3, -0.25) is 4.79 Å². The number of nitrogens with zero attached hydrogens (tertiary/aromatic N) is 2. The molecule has 0 bridgehead atoms. The highest BCUT2D eigenvalue weighted by atomic mass is 35.5. The number of imidazole rings is 1. The lowest BCUT2D eigenvalue weighted by molar-refractivity contribution is 0.0951. The number of hydrogen-bond donors (Lipinski definition) is 1. The predicted molar refractivity (Wildman–Crippen MR) is 75.4 cm³/mol. The number of rotatable bonds is 4. The van der Waals surface area contributed by atoms with Crippen molar-refractivity contribution >= 4 is 17.5 Å². The van der Waals surface area contributed by atoms with Crippen LogP contribution in [0.25, 0.3) is 0 Å². The second-order valence-corrected chi connectivity index (χ2v) is 4.96. The molecule has 2 aromatic rings. The van der Waals surface area contributed by atoms with Crippen molar-refractivity contribution in [3.8, 4) is 0 Å². The first-order chi connectivity index (χ1) is 9.47. The minimum absolute atomic E-state index is 0.205. The van der Waals surface area contributed by atoms with E-state index in [1.54, 1.807) is 6.33 Å². The topological polar surface area (TPSA) is 46.9 Å². The van der Waals surface area contributed by atoms with Crippen LogP contribution in [-0.2, 0) is 6.54 Å². The van der Waals surface area contributed by atoms with Gasteiger partial charge in [-0.2, -0.15) is 0 Å². The number of carbonyl (C=O) groups excluding carboxylic acids is 1. The van der Waals surface area contributed by atoms with E-state index in [0.717, 1.165) is 23.5 Å². The van der Waals surface area contributed by atoms with Crippen molar-refractivity contribution in [2.24, 2.45) is 0 Å². The number of aryl methyl sites for hydroxylation is 1. The van der Waals surface area contributed by atoms with Crippen molar-refractivity contribution in [3.05, 3.63) is 52.3 Å². The lowest BCUT2D eigenvalue weighted by Gasteiger charge is -2.08. The van der Waals surface area contributed by atoms with Crippen molar-refractivity contribution in [2.45, 2.75) is 20.4 Å². The summed E-state index contributed by atoms with van der Waals surface area (Å²) in [7, 11) is 0. The average molecular weight is 296 g/mol. The zero-order valence-corrected chi connectivity index (χ0v) is 12.0. The molecule has 0 atom stereocenters. The third-order valence-corrected chi connectivity index (χ3v) is 3.33. The molecular formula is C14H15ClFN3O. The summed E-state index contributed by atoms with van der Waals surface area (Å²) < 4.78 is 15.1. The van der Waals surface area contributed by atoms with Gasteiger partial charge in [-0.15, -0.1) is 0 Å². The molecule has 4 nitrogen and oxygen atoms in total. The Bertz CT molecular complexity index is 619. The van der Waals surface area contributed by atoms with Gasteiger partial charge in [0.05, 0.1) is 12.0 Å². The van der Waals surface area contributed by atoms with Crippen molar-refractivity contribution in [2.75, 3.05) is 6.54 Å². The molecule has 1 aromatic carbocycles. The van der Waals surface area contributed by atoms with E-state index < -0.39 is 5.82 Å². The molecule has 0 saturated heterocycles. The fourth-order valence-corrected chi connectivity index (χ4v) is 2.07. The molecule has 0 saturated carbocycles. The molecule has 0 aliphatic heterocycles. The monoisotopic (exact) mass is 295 g/mol. The van der Waals surface area contributed by atoms with Gasteiger partial charge in [0.1, 0.15) is 5.82 Å². The maximum atomic E-state index is 13.2. The minimum Gasteiger partial charge on any atom is -0.350 e. The Morgan fingerprint density at radius 2 is 2.15 bits per heavy atom. The first-order valence-corrected chi connectivity index (χ1v) is 6.58. The van der Waals surface area contributed by atoms with Gasteiger partial charge in [0.2, 0.25) is 0 Å². The number of halogens is 2. The van der Waals surface area contributed by atoms with E-state index in [-0.39, 0.29) is 16.5 Å². The SMILES string of the molecule is Cc1ncn(CCNC(=O)c2cc(F)cc(Cl)c2)c1C. The molecule has 106 valence electrons. The molecule has 1 heterocycles. The normalized spacial score (nSPS) is 10.6. The molecule has 0 aliphatic carbocycles. The molecule has 1 amide bonds. The summed E-state index contributed by atoms with van der Waals surface area (Å²) >= 11 is 5.72. The molecule has 0 radical (unpaired) electrons. The van der Waals surface area contributed by atoms with Crippen molar-refractivity contribution < 1.29 is 9.18 Å². The number of benzene rings is 1. The predicted octanol–water partition coefficient (Wildman–Crippen LogP) is 2.72. The van der Waals surface area contributed by atoms with E-state index in [1.165, 1.54) is 6.07 Å². The maximum absolute atomic E-state index is 13.2. The van der Waals surface area contributed by atoms with Gasteiger partial charge in [-0.25, -0.2) is 9.37 Å². The summed E-state index contributed by atoms with van der Waals surface area (Å²) in [5.41, 5.74) is 2.25. The Balaban J connectivity index is 1.94. The molecule has 20 heavy (non-hydrogen) atoms. The summed E-state index contributed by atoms with van der Waals surface area (Å²) in [5, 5.41) is 2.93. The summed E-state index contributed by atoms with van der Waals surface area (Å²) in [6, 6.07) is 3.76. The molecule has 0 unspecified atom stereocenters. The van der Waals surface area contributed by atoms with Crippen LogP contribution in [0.1, 0.15) is 21.7 Å². The Kier molecular flexibility index (Phi) is 4.39. The van der Waals surface area contributed by atoms with Crippen molar-refractivity contribution in [1.82, 2.24) is 14.9 Å². The third-order valence-electron chi connectivity index (χ3n) is 3.11. The van der Waals surface area contributed by atoms with E-state index >= 15 is 0 Å². The quantitative estimate of drug-likeness (QED) is 0.943. The van der Waals surface area contributed by atoms with E-state index in [4.69, 9.17) is 11.6 Å². The molecular weight excluding hydrogens is 281 g/mol. The van der Waals surface area contributed by atoms with Crippen LogP contribution in [0.15, 0.2) is 24.5 Å². The van der Waals surface area contributed by atoms with E-state index in [1.807, 2.05) is 18.4 Å². The lowest BCUT2D eigenvalue weighted by atomic mass is 10.2. The van der Waals surface area contributed by atoms with Gasteiger partial charge in [0.25, 0.3) is 5.91 Å². The molecule has 0 aliphatic rings. The van der Waals surface area contributed by atoms with Gasteiger partial charge >= 0.3 is 0 Å². The fraction of sp³-hybridized carbons (Fsp3) is 0.286. The highest BCUT2D eigenvalue weighted by Crippen LogP contribution is 2.14. The Morgan fingerprint density at radius 1 is 1.40 bits per heavy atom. The number of aromatic nitrogens is 2. The Labute approximate surface area is 121 Å². The summed E-state index contributed by atoms with van der Waals surface area (Å²) in [6.07, 6.45) is 1.73. The fourth-order valence-electron chi connectivity index (χ4n) is 1.85.